The maximum atomic E-state index is 13.2. The number of aldehydes is 1. The van der Waals surface area contributed by atoms with E-state index in [-0.39, 0.29) is 31.8 Å². The summed E-state index contributed by atoms with van der Waals surface area (Å²) in [5, 5.41) is 5.37. The van der Waals surface area contributed by atoms with Gasteiger partial charge in [0.15, 0.2) is 0 Å². The van der Waals surface area contributed by atoms with Gasteiger partial charge in [0.1, 0.15) is 19.1 Å². The molecule has 0 heterocycles. The molecule has 0 radical (unpaired) electrons. The second-order valence-corrected chi connectivity index (χ2v) is 6.10. The Morgan fingerprint density at radius 3 is 1.90 bits per heavy atom. The molecule has 10 heteroatoms. The average Bonchev–Trinajstić information content (AvgIpc) is 2.68. The number of nitrogens with one attached hydrogen (secondary N) is 2. The fraction of sp³-hybridized carbons (Fsp3) is 0.895. The lowest BCUT2D eigenvalue weighted by Gasteiger charge is -2.10. The number of ether oxygens (including phenoxy) is 5. The van der Waals surface area contributed by atoms with E-state index in [0.717, 1.165) is 12.8 Å². The molecule has 0 aromatic heterocycles. The summed E-state index contributed by atoms with van der Waals surface area (Å²) < 4.78 is 38.9. The zero-order chi connectivity index (χ0) is 22.2. The maximum Gasteiger partial charge on any atom is 0.216 e. The Morgan fingerprint density at radius 1 is 0.966 bits per heavy atom. The van der Waals surface area contributed by atoms with Crippen LogP contribution in [0.25, 0.3) is 0 Å². The van der Waals surface area contributed by atoms with Crippen LogP contribution in [0.15, 0.2) is 0 Å². The summed E-state index contributed by atoms with van der Waals surface area (Å²) in [6.07, 6.45) is -0.277. The van der Waals surface area contributed by atoms with Gasteiger partial charge in [0, 0.05) is 13.5 Å². The summed E-state index contributed by atoms with van der Waals surface area (Å²) in [6, 6.07) is 0. The lowest BCUT2D eigenvalue weighted by Crippen LogP contribution is -2.30. The molecule has 0 aliphatic rings. The number of carbonyl (C=O) groups excluding carboxylic acids is 2. The lowest BCUT2D eigenvalue weighted by atomic mass is 10.4. The first-order chi connectivity index (χ1) is 13.9. The highest BCUT2D eigenvalue weighted by Gasteiger charge is 2.06. The topological polar surface area (TPSA) is 104 Å². The molecule has 0 aliphatic heterocycles. The van der Waals surface area contributed by atoms with Crippen molar-refractivity contribution in [3.05, 3.63) is 0 Å². The van der Waals surface area contributed by atoms with E-state index in [1.54, 1.807) is 0 Å². The first-order valence-electron chi connectivity index (χ1n) is 9.83. The van der Waals surface area contributed by atoms with Gasteiger partial charge in [-0.1, -0.05) is 0 Å². The van der Waals surface area contributed by atoms with Crippen molar-refractivity contribution < 1.29 is 37.7 Å². The summed E-state index contributed by atoms with van der Waals surface area (Å²) >= 11 is 0. The van der Waals surface area contributed by atoms with Crippen molar-refractivity contribution in [1.82, 2.24) is 10.6 Å². The Kier molecular flexibility index (Phi) is 25.7. The van der Waals surface area contributed by atoms with Gasteiger partial charge in [0.25, 0.3) is 0 Å². The van der Waals surface area contributed by atoms with Gasteiger partial charge in [0.05, 0.1) is 65.5 Å². The zero-order valence-electron chi connectivity index (χ0n) is 18.2. The zero-order valence-corrected chi connectivity index (χ0v) is 18.2. The molecule has 0 aromatic rings. The summed E-state index contributed by atoms with van der Waals surface area (Å²) in [5.41, 5.74) is 0. The largest absolute Gasteiger partial charge is 0.378 e. The molecule has 0 bridgehead atoms. The van der Waals surface area contributed by atoms with Crippen molar-refractivity contribution in [1.29, 1.82) is 0 Å². The molecule has 29 heavy (non-hydrogen) atoms. The minimum atomic E-state index is -1.20. The van der Waals surface area contributed by atoms with Crippen molar-refractivity contribution in [2.45, 2.75) is 33.0 Å². The predicted octanol–water partition coefficient (Wildman–Crippen LogP) is 0.357. The number of hydrogen-bond acceptors (Lipinski definition) is 8. The molecule has 174 valence electrons. The highest BCUT2D eigenvalue weighted by molar-refractivity contribution is 5.72. The Hall–Kier alpha value is -1.17. The van der Waals surface area contributed by atoms with Crippen LogP contribution in [-0.2, 0) is 33.3 Å². The van der Waals surface area contributed by atoms with E-state index in [9.17, 15) is 14.0 Å². The van der Waals surface area contributed by atoms with Gasteiger partial charge < -0.3 is 39.1 Å². The van der Waals surface area contributed by atoms with Gasteiger partial charge in [-0.15, -0.1) is 0 Å². The molecule has 0 saturated heterocycles. The SMILES string of the molecule is CC(C)OCC=O.CNCCOCCOCCOCCOCC(F)CNC(C)=O. The highest BCUT2D eigenvalue weighted by atomic mass is 19.1. The van der Waals surface area contributed by atoms with Crippen molar-refractivity contribution >= 4 is 12.2 Å². The summed E-state index contributed by atoms with van der Waals surface area (Å²) in [5.74, 6) is -0.251. The standard InChI is InChI=1S/C14H29FN2O5.C5H10O2/c1-13(18)17-11-14(15)12-22-10-9-21-8-7-20-6-5-19-4-3-16-2;1-5(2)7-4-3-6/h14,16H,3-12H2,1-2H3,(H,17,18);3,5H,4H2,1-2H3. The minimum Gasteiger partial charge on any atom is -0.378 e. The van der Waals surface area contributed by atoms with Crippen molar-refractivity contribution in [3.8, 4) is 0 Å². The predicted molar refractivity (Wildman–Crippen MR) is 108 cm³/mol. The molecule has 0 aromatic carbocycles. The van der Waals surface area contributed by atoms with Gasteiger partial charge in [-0.3, -0.25) is 4.79 Å². The second-order valence-electron chi connectivity index (χ2n) is 6.10. The van der Waals surface area contributed by atoms with Crippen LogP contribution >= 0.6 is 0 Å². The monoisotopic (exact) mass is 426 g/mol. The first-order valence-corrected chi connectivity index (χ1v) is 9.83. The molecule has 0 fully saturated rings. The Morgan fingerprint density at radius 2 is 1.48 bits per heavy atom. The van der Waals surface area contributed by atoms with E-state index in [0.29, 0.717) is 46.2 Å². The van der Waals surface area contributed by atoms with Crippen LogP contribution in [-0.4, -0.2) is 104 Å². The molecule has 0 rings (SSSR count). The highest BCUT2D eigenvalue weighted by Crippen LogP contribution is 1.91. The number of amides is 1. The Bertz CT molecular complexity index is 363. The van der Waals surface area contributed by atoms with Crippen LogP contribution in [0.1, 0.15) is 20.8 Å². The molecule has 0 saturated carbocycles. The molecule has 1 amide bonds. The Labute approximate surface area is 173 Å². The maximum absolute atomic E-state index is 13.2. The van der Waals surface area contributed by atoms with Gasteiger partial charge in [-0.25, -0.2) is 4.39 Å². The first kappa shape index (κ1) is 30.0. The van der Waals surface area contributed by atoms with Crippen LogP contribution in [0.5, 0.6) is 0 Å². The molecule has 1 atom stereocenters. The number of halogens is 1. The number of rotatable bonds is 19. The van der Waals surface area contributed by atoms with Crippen LogP contribution in [0.4, 0.5) is 4.39 Å². The fourth-order valence-electron chi connectivity index (χ4n) is 1.59. The third-order valence-corrected chi connectivity index (χ3v) is 2.98. The van der Waals surface area contributed by atoms with Gasteiger partial charge in [-0.05, 0) is 20.9 Å². The number of alkyl halides is 1. The second kappa shape index (κ2) is 24.9. The number of hydrogen-bond donors (Lipinski definition) is 2. The minimum absolute atomic E-state index is 0.0274. The van der Waals surface area contributed by atoms with Crippen LogP contribution in [0.3, 0.4) is 0 Å². The lowest BCUT2D eigenvalue weighted by molar-refractivity contribution is -0.119. The average molecular weight is 427 g/mol. The van der Waals surface area contributed by atoms with E-state index in [1.807, 2.05) is 20.9 Å². The summed E-state index contributed by atoms with van der Waals surface area (Å²) in [6.45, 7) is 9.52. The number of likely N-dealkylation sites (N-methyl/N-ethyl adjacent to an activating group) is 1. The summed E-state index contributed by atoms with van der Waals surface area (Å²) in [7, 11) is 1.87. The van der Waals surface area contributed by atoms with Crippen molar-refractivity contribution in [2.24, 2.45) is 0 Å². The van der Waals surface area contributed by atoms with Crippen molar-refractivity contribution in [2.75, 3.05) is 79.6 Å². The number of carbonyl (C=O) groups is 2. The molecule has 0 aliphatic carbocycles. The molecular weight excluding hydrogens is 387 g/mol. The molecular formula is C19H39FN2O7. The Balaban J connectivity index is 0. The smallest absolute Gasteiger partial charge is 0.216 e. The van der Waals surface area contributed by atoms with Gasteiger partial charge in [0.2, 0.25) is 5.91 Å². The quantitative estimate of drug-likeness (QED) is 0.225. The van der Waals surface area contributed by atoms with Crippen LogP contribution in [0.2, 0.25) is 0 Å². The fourth-order valence-corrected chi connectivity index (χ4v) is 1.59. The van der Waals surface area contributed by atoms with E-state index in [2.05, 4.69) is 10.6 Å². The third kappa shape index (κ3) is 31.7. The summed E-state index contributed by atoms with van der Waals surface area (Å²) in [4.78, 5) is 20.2. The molecule has 9 nitrogen and oxygen atoms in total. The normalized spacial score (nSPS) is 11.7. The van der Waals surface area contributed by atoms with Gasteiger partial charge >= 0.3 is 0 Å². The van der Waals surface area contributed by atoms with Crippen LogP contribution < -0.4 is 10.6 Å². The van der Waals surface area contributed by atoms with E-state index >= 15 is 0 Å². The van der Waals surface area contributed by atoms with E-state index < -0.39 is 6.17 Å². The third-order valence-electron chi connectivity index (χ3n) is 2.98. The van der Waals surface area contributed by atoms with E-state index in [1.165, 1.54) is 6.92 Å². The van der Waals surface area contributed by atoms with E-state index in [4.69, 9.17) is 23.7 Å². The van der Waals surface area contributed by atoms with Crippen molar-refractivity contribution in [3.63, 3.8) is 0 Å². The molecule has 1 unspecified atom stereocenters. The molecule has 2 N–H and O–H groups in total. The van der Waals surface area contributed by atoms with Gasteiger partial charge in [-0.2, -0.15) is 0 Å². The van der Waals surface area contributed by atoms with Crippen LogP contribution in [0, 0.1) is 0 Å². The molecule has 0 spiro atoms.